The molecule has 0 aliphatic carbocycles. The molecule has 196 valence electrons. The van der Waals surface area contributed by atoms with Crippen LogP contribution in [-0.2, 0) is 20.8 Å². The lowest BCUT2D eigenvalue weighted by molar-refractivity contribution is -0.118. The maximum atomic E-state index is 12.4. The zero-order chi connectivity index (χ0) is 25.9. The maximum Gasteiger partial charge on any atom is 0.415 e. The van der Waals surface area contributed by atoms with Crippen LogP contribution in [0.15, 0.2) is 42.7 Å². The minimum absolute atomic E-state index is 0.0349. The van der Waals surface area contributed by atoms with Crippen molar-refractivity contribution in [2.75, 3.05) is 43.1 Å². The molecule has 2 saturated heterocycles. The minimum Gasteiger partial charge on any atom is -0.480 e. The Morgan fingerprint density at radius 2 is 2.00 bits per heavy atom. The van der Waals surface area contributed by atoms with E-state index < -0.39 is 6.09 Å². The van der Waals surface area contributed by atoms with Gasteiger partial charge >= 0.3 is 6.09 Å². The lowest BCUT2D eigenvalue weighted by Crippen LogP contribution is -2.38. The number of fused-ring (bicyclic) bond motifs is 1. The van der Waals surface area contributed by atoms with Gasteiger partial charge in [-0.05, 0) is 37.2 Å². The van der Waals surface area contributed by atoms with E-state index in [-0.39, 0.29) is 24.7 Å². The van der Waals surface area contributed by atoms with E-state index in [0.717, 1.165) is 11.3 Å². The second kappa shape index (κ2) is 10.6. The van der Waals surface area contributed by atoms with Gasteiger partial charge in [-0.1, -0.05) is 0 Å². The summed E-state index contributed by atoms with van der Waals surface area (Å²) in [6, 6.07) is 8.87. The molecule has 38 heavy (non-hydrogen) atoms. The van der Waals surface area contributed by atoms with Gasteiger partial charge in [0.1, 0.15) is 18.0 Å². The summed E-state index contributed by atoms with van der Waals surface area (Å²) in [6.45, 7) is 2.59. The number of rotatable bonds is 9. The van der Waals surface area contributed by atoms with E-state index in [4.69, 9.17) is 18.9 Å². The monoisotopic (exact) mass is 519 g/mol. The molecule has 3 aliphatic rings. The second-order valence-electron chi connectivity index (χ2n) is 8.97. The van der Waals surface area contributed by atoms with Crippen LogP contribution in [0.25, 0.3) is 11.4 Å². The Bertz CT molecular complexity index is 1350. The van der Waals surface area contributed by atoms with Crippen LogP contribution in [0, 0.1) is 0 Å². The van der Waals surface area contributed by atoms with Crippen LogP contribution < -0.4 is 25.0 Å². The zero-order valence-corrected chi connectivity index (χ0v) is 20.3. The molecule has 2 fully saturated rings. The number of pyridine rings is 2. The van der Waals surface area contributed by atoms with Crippen LogP contribution in [0.3, 0.4) is 0 Å². The fourth-order valence-electron chi connectivity index (χ4n) is 4.16. The molecule has 2 N–H and O–H groups in total. The summed E-state index contributed by atoms with van der Waals surface area (Å²) in [5, 5.41) is 5.99. The van der Waals surface area contributed by atoms with Crippen molar-refractivity contribution in [3.63, 3.8) is 0 Å². The van der Waals surface area contributed by atoms with Crippen molar-refractivity contribution in [2.24, 2.45) is 0 Å². The van der Waals surface area contributed by atoms with Crippen LogP contribution in [0.4, 0.5) is 16.4 Å². The number of aromatic nitrogens is 4. The summed E-state index contributed by atoms with van der Waals surface area (Å²) < 4.78 is 21.7. The molecule has 6 heterocycles. The van der Waals surface area contributed by atoms with E-state index in [9.17, 15) is 9.59 Å². The van der Waals surface area contributed by atoms with E-state index in [1.165, 1.54) is 4.90 Å². The molecular formula is C25H25N7O6. The number of nitrogens with zero attached hydrogens (tertiary/aromatic N) is 5. The highest BCUT2D eigenvalue weighted by Crippen LogP contribution is 2.30. The first kappa shape index (κ1) is 24.0. The van der Waals surface area contributed by atoms with E-state index in [1.54, 1.807) is 30.6 Å². The van der Waals surface area contributed by atoms with Crippen LogP contribution in [0.2, 0.25) is 0 Å². The van der Waals surface area contributed by atoms with Gasteiger partial charge in [0.15, 0.2) is 24.0 Å². The molecule has 0 unspecified atom stereocenters. The molecule has 1 atom stereocenters. The number of ether oxygens (including phenoxy) is 4. The van der Waals surface area contributed by atoms with E-state index in [2.05, 4.69) is 30.6 Å². The Morgan fingerprint density at radius 1 is 1.11 bits per heavy atom. The number of hydrogen-bond acceptors (Lipinski definition) is 11. The first-order valence-electron chi connectivity index (χ1n) is 12.3. The predicted octanol–water partition coefficient (Wildman–Crippen LogP) is 1.55. The summed E-state index contributed by atoms with van der Waals surface area (Å²) in [4.78, 5) is 43.1. The number of cyclic esters (lactones) is 1. The van der Waals surface area contributed by atoms with Gasteiger partial charge in [-0.2, -0.15) is 4.98 Å². The summed E-state index contributed by atoms with van der Waals surface area (Å²) in [5.41, 5.74) is 1.67. The highest BCUT2D eigenvalue weighted by Gasteiger charge is 2.33. The van der Waals surface area contributed by atoms with E-state index in [0.29, 0.717) is 68.4 Å². The number of amides is 2. The first-order chi connectivity index (χ1) is 18.6. The minimum atomic E-state index is -0.476. The van der Waals surface area contributed by atoms with Crippen molar-refractivity contribution >= 4 is 23.6 Å². The normalized spacial score (nSPS) is 18.7. The van der Waals surface area contributed by atoms with E-state index in [1.807, 2.05) is 12.1 Å². The van der Waals surface area contributed by atoms with Crippen molar-refractivity contribution in [3.05, 3.63) is 48.4 Å². The van der Waals surface area contributed by atoms with Crippen molar-refractivity contribution in [2.45, 2.75) is 25.2 Å². The quantitative estimate of drug-likeness (QED) is 0.396. The smallest absolute Gasteiger partial charge is 0.415 e. The third kappa shape index (κ3) is 5.33. The molecule has 3 aliphatic heterocycles. The lowest BCUT2D eigenvalue weighted by atomic mass is 10.2. The third-order valence-electron chi connectivity index (χ3n) is 6.16. The standard InChI is InChI=1S/C25H25N7O6/c33-21-14-36-19-1-2-20(29-24(19)30-21)32-11-17(38-25(32)34)4-6-26-10-16-9-15(3-7-27-16)23-28-8-5-22(31-23)37-18-12-35-13-18/h1-3,5,7-9,17-18,26H,4,6,10-14H2,(H,29,30,33)/t17-/m1/s1. The van der Waals surface area contributed by atoms with Crippen molar-refractivity contribution < 1.29 is 28.5 Å². The average molecular weight is 520 g/mol. The number of hydrogen-bond donors (Lipinski definition) is 2. The first-order valence-corrected chi connectivity index (χ1v) is 12.3. The van der Waals surface area contributed by atoms with Gasteiger partial charge in [0.05, 0.1) is 25.5 Å². The van der Waals surface area contributed by atoms with Crippen molar-refractivity contribution in [1.82, 2.24) is 25.3 Å². The molecule has 13 heteroatoms. The molecule has 0 spiro atoms. The molecule has 0 saturated carbocycles. The van der Waals surface area contributed by atoms with Gasteiger partial charge < -0.3 is 29.6 Å². The fourth-order valence-corrected chi connectivity index (χ4v) is 4.16. The van der Waals surface area contributed by atoms with Crippen LogP contribution in [0.1, 0.15) is 12.1 Å². The molecule has 0 bridgehead atoms. The van der Waals surface area contributed by atoms with Gasteiger partial charge in [0, 0.05) is 30.6 Å². The number of carbonyl (C=O) groups excluding carboxylic acids is 2. The second-order valence-corrected chi connectivity index (χ2v) is 8.97. The topological polar surface area (TPSA) is 150 Å². The SMILES string of the molecule is O=C1COc2ccc(N3C[C@@H](CCNCc4cc(-c5nccc(OC6COC6)n5)ccn4)OC3=O)nc2N1. The molecule has 6 rings (SSSR count). The average Bonchev–Trinajstić information content (AvgIpc) is 3.29. The predicted molar refractivity (Wildman–Crippen MR) is 133 cm³/mol. The van der Waals surface area contributed by atoms with Crippen molar-refractivity contribution in [3.8, 4) is 23.0 Å². The zero-order valence-electron chi connectivity index (χ0n) is 20.3. The highest BCUT2D eigenvalue weighted by molar-refractivity contribution is 5.95. The molecule has 13 nitrogen and oxygen atoms in total. The number of carbonyl (C=O) groups is 2. The number of nitrogens with one attached hydrogen (secondary N) is 2. The maximum absolute atomic E-state index is 12.4. The van der Waals surface area contributed by atoms with Gasteiger partial charge in [0.25, 0.3) is 5.91 Å². The molecule has 3 aromatic rings. The largest absolute Gasteiger partial charge is 0.480 e. The van der Waals surface area contributed by atoms with Gasteiger partial charge in [-0.25, -0.2) is 14.8 Å². The summed E-state index contributed by atoms with van der Waals surface area (Å²) >= 11 is 0. The van der Waals surface area contributed by atoms with Crippen LogP contribution >= 0.6 is 0 Å². The lowest BCUT2D eigenvalue weighted by Gasteiger charge is -2.26. The molecular weight excluding hydrogens is 494 g/mol. The Hall–Kier alpha value is -4.36. The van der Waals surface area contributed by atoms with Gasteiger partial charge in [0.2, 0.25) is 5.88 Å². The van der Waals surface area contributed by atoms with Gasteiger partial charge in [-0.15, -0.1) is 0 Å². The highest BCUT2D eigenvalue weighted by atomic mass is 16.6. The fraction of sp³-hybridized carbons (Fsp3) is 0.360. The Balaban J connectivity index is 1.00. The molecule has 0 aromatic carbocycles. The van der Waals surface area contributed by atoms with Crippen molar-refractivity contribution in [1.29, 1.82) is 0 Å². The van der Waals surface area contributed by atoms with Crippen LogP contribution in [-0.4, -0.2) is 77.1 Å². The Labute approximate surface area is 217 Å². The Morgan fingerprint density at radius 3 is 2.87 bits per heavy atom. The molecule has 0 radical (unpaired) electrons. The summed E-state index contributed by atoms with van der Waals surface area (Å²) in [7, 11) is 0. The summed E-state index contributed by atoms with van der Waals surface area (Å²) in [6.07, 6.45) is 3.27. The van der Waals surface area contributed by atoms with E-state index >= 15 is 0 Å². The van der Waals surface area contributed by atoms with Gasteiger partial charge in [-0.3, -0.25) is 14.7 Å². The third-order valence-corrected chi connectivity index (χ3v) is 6.16. The van der Waals surface area contributed by atoms with Crippen LogP contribution in [0.5, 0.6) is 11.6 Å². The number of anilines is 2. The Kier molecular flexibility index (Phi) is 6.67. The molecule has 3 aromatic heterocycles. The summed E-state index contributed by atoms with van der Waals surface area (Å²) in [5.74, 6) is 1.95. The molecule has 2 amide bonds.